The fraction of sp³-hybridized carbons (Fsp3) is 0.375. The van der Waals surface area contributed by atoms with Crippen LogP contribution in [0.4, 0.5) is 17.2 Å². The Morgan fingerprint density at radius 1 is 1.03 bits per heavy atom. The summed E-state index contributed by atoms with van der Waals surface area (Å²) < 4.78 is 5.98. The molecule has 2 atom stereocenters. The van der Waals surface area contributed by atoms with E-state index in [2.05, 4.69) is 42.4 Å². The molecule has 2 bridgehead atoms. The molecule has 1 aromatic carbocycles. The number of pyridine rings is 1. The molecular formula is C24H27N7O2. The number of para-hydroxylation sites is 1. The number of aromatic hydroxyl groups is 1. The third-order valence-corrected chi connectivity index (χ3v) is 6.85. The normalized spacial score (nSPS) is 22.3. The number of anilines is 3. The van der Waals surface area contributed by atoms with Crippen LogP contribution in [0.25, 0.3) is 11.3 Å². The molecule has 6 rings (SSSR count). The lowest BCUT2D eigenvalue weighted by molar-refractivity contribution is 0.136. The van der Waals surface area contributed by atoms with Gasteiger partial charge < -0.3 is 30.7 Å². The second kappa shape index (κ2) is 8.08. The van der Waals surface area contributed by atoms with Gasteiger partial charge in [-0.05, 0) is 37.1 Å². The van der Waals surface area contributed by atoms with E-state index in [4.69, 9.17) is 10.5 Å². The van der Waals surface area contributed by atoms with Gasteiger partial charge in [-0.25, -0.2) is 4.98 Å². The number of phenolic OH excluding ortho intramolecular Hbond substituents is 1. The number of piperazine rings is 1. The quantitative estimate of drug-likeness (QED) is 0.543. The molecule has 0 amide bonds. The highest BCUT2D eigenvalue weighted by Gasteiger charge is 2.41. The van der Waals surface area contributed by atoms with Crippen LogP contribution in [0.15, 0.2) is 48.7 Å². The van der Waals surface area contributed by atoms with E-state index >= 15 is 0 Å². The molecule has 9 nitrogen and oxygen atoms in total. The lowest BCUT2D eigenvalue weighted by atomic mass is 10.1. The zero-order chi connectivity index (χ0) is 22.4. The van der Waals surface area contributed by atoms with E-state index in [9.17, 15) is 5.11 Å². The van der Waals surface area contributed by atoms with Crippen LogP contribution < -0.4 is 25.6 Å². The van der Waals surface area contributed by atoms with Crippen molar-refractivity contribution in [1.29, 1.82) is 0 Å². The molecule has 0 saturated carbocycles. The van der Waals surface area contributed by atoms with Gasteiger partial charge in [0.15, 0.2) is 5.82 Å². The predicted octanol–water partition coefficient (Wildman–Crippen LogP) is 2.03. The number of phenols is 1. The lowest BCUT2D eigenvalue weighted by Crippen LogP contribution is -2.54. The molecule has 0 aliphatic carbocycles. The molecule has 9 heteroatoms. The van der Waals surface area contributed by atoms with Crippen molar-refractivity contribution in [2.24, 2.45) is 0 Å². The van der Waals surface area contributed by atoms with Crippen LogP contribution in [0, 0.1) is 0 Å². The fourth-order valence-electron chi connectivity index (χ4n) is 5.13. The van der Waals surface area contributed by atoms with Gasteiger partial charge >= 0.3 is 0 Å². The van der Waals surface area contributed by atoms with Crippen molar-refractivity contribution in [3.05, 3.63) is 48.7 Å². The SMILES string of the molecule is Nc1nnc(-c2ccccc2O)cc1N1CC2CCC(C1)N2c1ccnc(OC2CNC2)c1. The van der Waals surface area contributed by atoms with Gasteiger partial charge in [0.2, 0.25) is 5.88 Å². The van der Waals surface area contributed by atoms with Crippen molar-refractivity contribution in [3.8, 4) is 22.9 Å². The van der Waals surface area contributed by atoms with Crippen LogP contribution in [0.2, 0.25) is 0 Å². The van der Waals surface area contributed by atoms with E-state index in [1.807, 2.05) is 24.4 Å². The summed E-state index contributed by atoms with van der Waals surface area (Å²) >= 11 is 0. The fourth-order valence-corrected chi connectivity index (χ4v) is 5.13. The number of nitrogens with two attached hydrogens (primary N) is 1. The number of ether oxygens (including phenoxy) is 1. The average molecular weight is 446 g/mol. The smallest absolute Gasteiger partial charge is 0.215 e. The van der Waals surface area contributed by atoms with Crippen molar-refractivity contribution in [1.82, 2.24) is 20.5 Å². The molecule has 2 unspecified atom stereocenters. The predicted molar refractivity (Wildman–Crippen MR) is 127 cm³/mol. The Labute approximate surface area is 192 Å². The second-order valence-corrected chi connectivity index (χ2v) is 8.96. The molecule has 3 aliphatic rings. The molecule has 3 saturated heterocycles. The van der Waals surface area contributed by atoms with Crippen molar-refractivity contribution >= 4 is 17.2 Å². The van der Waals surface area contributed by atoms with E-state index in [0.717, 1.165) is 50.4 Å². The highest BCUT2D eigenvalue weighted by atomic mass is 16.5. The van der Waals surface area contributed by atoms with Crippen LogP contribution in [0.1, 0.15) is 12.8 Å². The number of benzene rings is 1. The Morgan fingerprint density at radius 3 is 2.55 bits per heavy atom. The number of nitrogen functional groups attached to an aromatic ring is 1. The van der Waals surface area contributed by atoms with Crippen LogP contribution >= 0.6 is 0 Å². The Bertz CT molecular complexity index is 1160. The third kappa shape index (κ3) is 3.68. The zero-order valence-corrected chi connectivity index (χ0v) is 18.3. The molecular weight excluding hydrogens is 418 g/mol. The monoisotopic (exact) mass is 445 g/mol. The van der Waals surface area contributed by atoms with Gasteiger partial charge in [0.05, 0.1) is 11.4 Å². The number of nitrogens with one attached hydrogen (secondary N) is 1. The molecule has 0 radical (unpaired) electrons. The summed E-state index contributed by atoms with van der Waals surface area (Å²) in [5.41, 5.74) is 9.56. The van der Waals surface area contributed by atoms with E-state index < -0.39 is 0 Å². The minimum absolute atomic E-state index is 0.181. The summed E-state index contributed by atoms with van der Waals surface area (Å²) in [4.78, 5) is 9.23. The van der Waals surface area contributed by atoms with Crippen molar-refractivity contribution < 1.29 is 9.84 Å². The standard InChI is InChI=1S/C24H27N7O2/c25-24-21(10-20(28-29-24)19-3-1-2-4-22(19)32)30-13-16-5-6-17(14-30)31(16)15-7-8-27-23(9-15)33-18-11-26-12-18/h1-4,7-10,16-18,26,32H,5-6,11-14H2,(H2,25,29). The van der Waals surface area contributed by atoms with E-state index in [1.165, 1.54) is 0 Å². The summed E-state index contributed by atoms with van der Waals surface area (Å²) in [7, 11) is 0. The van der Waals surface area contributed by atoms with Gasteiger partial charge in [-0.15, -0.1) is 10.2 Å². The summed E-state index contributed by atoms with van der Waals surface area (Å²) in [6.45, 7) is 3.44. The molecule has 33 heavy (non-hydrogen) atoms. The Morgan fingerprint density at radius 2 is 1.82 bits per heavy atom. The minimum atomic E-state index is 0.181. The lowest BCUT2D eigenvalue weighted by Gasteiger charge is -2.43. The summed E-state index contributed by atoms with van der Waals surface area (Å²) in [6.07, 6.45) is 4.29. The summed E-state index contributed by atoms with van der Waals surface area (Å²) in [5.74, 6) is 1.28. The maximum absolute atomic E-state index is 10.2. The van der Waals surface area contributed by atoms with Gasteiger partial charge in [-0.3, -0.25) is 0 Å². The molecule has 3 aliphatic heterocycles. The second-order valence-electron chi connectivity index (χ2n) is 8.96. The van der Waals surface area contributed by atoms with Crippen LogP contribution in [0.3, 0.4) is 0 Å². The number of hydrogen-bond acceptors (Lipinski definition) is 9. The minimum Gasteiger partial charge on any atom is -0.507 e. The summed E-state index contributed by atoms with van der Waals surface area (Å²) in [5, 5.41) is 21.9. The van der Waals surface area contributed by atoms with Gasteiger partial charge in [-0.2, -0.15) is 0 Å². The topological polar surface area (TPSA) is 113 Å². The van der Waals surface area contributed by atoms with Crippen molar-refractivity contribution in [2.45, 2.75) is 31.0 Å². The highest BCUT2D eigenvalue weighted by Crippen LogP contribution is 2.39. The molecule has 0 spiro atoms. The third-order valence-electron chi connectivity index (χ3n) is 6.85. The average Bonchev–Trinajstić information content (AvgIpc) is 3.07. The summed E-state index contributed by atoms with van der Waals surface area (Å²) in [6, 6.07) is 14.0. The molecule has 5 heterocycles. The molecule has 170 valence electrons. The molecule has 2 aromatic heterocycles. The zero-order valence-electron chi connectivity index (χ0n) is 18.3. The van der Waals surface area contributed by atoms with Crippen molar-refractivity contribution in [2.75, 3.05) is 41.7 Å². The first-order valence-electron chi connectivity index (χ1n) is 11.4. The maximum Gasteiger partial charge on any atom is 0.215 e. The van der Waals surface area contributed by atoms with E-state index in [0.29, 0.717) is 35.0 Å². The van der Waals surface area contributed by atoms with Gasteiger partial charge in [0, 0.05) is 61.8 Å². The number of rotatable bonds is 5. The van der Waals surface area contributed by atoms with Gasteiger partial charge in [0.25, 0.3) is 0 Å². The molecule has 4 N–H and O–H groups in total. The van der Waals surface area contributed by atoms with E-state index in [1.54, 1.807) is 12.1 Å². The van der Waals surface area contributed by atoms with Crippen molar-refractivity contribution in [3.63, 3.8) is 0 Å². The van der Waals surface area contributed by atoms with Gasteiger partial charge in [-0.1, -0.05) is 12.1 Å². The van der Waals surface area contributed by atoms with Crippen LogP contribution in [0.5, 0.6) is 11.6 Å². The largest absolute Gasteiger partial charge is 0.507 e. The Balaban J connectivity index is 1.24. The molecule has 3 fully saturated rings. The van der Waals surface area contributed by atoms with Crippen LogP contribution in [-0.4, -0.2) is 64.7 Å². The molecule has 3 aromatic rings. The Kier molecular flexibility index (Phi) is 4.91. The maximum atomic E-state index is 10.2. The van der Waals surface area contributed by atoms with Gasteiger partial charge in [0.1, 0.15) is 11.9 Å². The number of hydrogen-bond donors (Lipinski definition) is 3. The number of aromatic nitrogens is 3. The highest BCUT2D eigenvalue weighted by molar-refractivity contribution is 5.74. The Hall–Kier alpha value is -3.59. The first kappa shape index (κ1) is 20.0. The van der Waals surface area contributed by atoms with E-state index in [-0.39, 0.29) is 11.9 Å². The first-order valence-corrected chi connectivity index (χ1v) is 11.4. The van der Waals surface area contributed by atoms with Crippen LogP contribution in [-0.2, 0) is 0 Å². The number of fused-ring (bicyclic) bond motifs is 2. The number of nitrogens with zero attached hydrogens (tertiary/aromatic N) is 5. The first-order chi connectivity index (χ1) is 16.2.